The molecule has 2 unspecified atom stereocenters. The number of benzene rings is 1. The minimum atomic E-state index is 0.424. The van der Waals surface area contributed by atoms with Crippen molar-refractivity contribution < 1.29 is 0 Å². The number of aryl methyl sites for hydroxylation is 2. The fourth-order valence-electron chi connectivity index (χ4n) is 2.92. The van der Waals surface area contributed by atoms with Crippen molar-refractivity contribution in [3.63, 3.8) is 0 Å². The van der Waals surface area contributed by atoms with E-state index in [2.05, 4.69) is 70.1 Å². The second-order valence-electron chi connectivity index (χ2n) is 6.51. The van der Waals surface area contributed by atoms with Gasteiger partial charge in [-0.05, 0) is 52.8 Å². The van der Waals surface area contributed by atoms with Gasteiger partial charge in [-0.1, -0.05) is 49.6 Å². The lowest BCUT2D eigenvalue weighted by molar-refractivity contribution is 0.218. The van der Waals surface area contributed by atoms with Crippen molar-refractivity contribution >= 4 is 0 Å². The summed E-state index contributed by atoms with van der Waals surface area (Å²) in [7, 11) is 2.25. The van der Waals surface area contributed by atoms with Crippen molar-refractivity contribution in [1.29, 1.82) is 0 Å². The van der Waals surface area contributed by atoms with E-state index in [4.69, 9.17) is 0 Å². The molecule has 0 saturated heterocycles. The van der Waals surface area contributed by atoms with Gasteiger partial charge < -0.3 is 10.2 Å². The lowest BCUT2D eigenvalue weighted by atomic mass is 10.00. The molecule has 0 aliphatic carbocycles. The van der Waals surface area contributed by atoms with Crippen molar-refractivity contribution in [3.8, 4) is 0 Å². The van der Waals surface area contributed by atoms with Crippen LogP contribution in [0.3, 0.4) is 0 Å². The van der Waals surface area contributed by atoms with Gasteiger partial charge in [0, 0.05) is 18.6 Å². The summed E-state index contributed by atoms with van der Waals surface area (Å²) in [5, 5.41) is 3.73. The number of nitrogens with zero attached hydrogens (tertiary/aromatic N) is 1. The van der Waals surface area contributed by atoms with Crippen molar-refractivity contribution in [2.24, 2.45) is 0 Å². The van der Waals surface area contributed by atoms with Gasteiger partial charge in [-0.25, -0.2) is 0 Å². The Hall–Kier alpha value is -0.860. The van der Waals surface area contributed by atoms with Gasteiger partial charge in [0.05, 0.1) is 0 Å². The highest BCUT2D eigenvalue weighted by atomic mass is 15.1. The SMILES string of the molecule is CCCNC(CN(C)C(C)CCC)c1cc(C)cc(C)c1. The largest absolute Gasteiger partial charge is 0.309 e. The fraction of sp³-hybridized carbons (Fsp3) is 0.684. The standard InChI is InChI=1S/C19H34N2/c1-7-9-17(5)21(6)14-19(20-10-8-2)18-12-15(3)11-16(4)13-18/h11-13,17,19-20H,7-10,14H2,1-6H3. The molecule has 0 heterocycles. The molecule has 120 valence electrons. The van der Waals surface area contributed by atoms with E-state index >= 15 is 0 Å². The molecule has 0 amide bonds. The minimum Gasteiger partial charge on any atom is -0.309 e. The molecule has 0 aliphatic heterocycles. The maximum Gasteiger partial charge on any atom is 0.0449 e. The topological polar surface area (TPSA) is 15.3 Å². The normalized spacial score (nSPS) is 14.4. The summed E-state index contributed by atoms with van der Waals surface area (Å²) in [5.74, 6) is 0. The van der Waals surface area contributed by atoms with Crippen LogP contribution in [0.1, 0.15) is 62.8 Å². The van der Waals surface area contributed by atoms with Crippen molar-refractivity contribution in [2.75, 3.05) is 20.1 Å². The maximum absolute atomic E-state index is 3.73. The van der Waals surface area contributed by atoms with Gasteiger partial charge in [-0.2, -0.15) is 0 Å². The molecular weight excluding hydrogens is 256 g/mol. The molecule has 21 heavy (non-hydrogen) atoms. The van der Waals surface area contributed by atoms with Crippen LogP contribution in [0, 0.1) is 13.8 Å². The Bertz CT molecular complexity index is 394. The minimum absolute atomic E-state index is 0.424. The third-order valence-corrected chi connectivity index (χ3v) is 4.22. The number of nitrogens with one attached hydrogen (secondary N) is 1. The van der Waals surface area contributed by atoms with Crippen LogP contribution in [-0.4, -0.2) is 31.1 Å². The molecule has 0 saturated carbocycles. The third kappa shape index (κ3) is 6.19. The second kappa shape index (κ2) is 9.22. The van der Waals surface area contributed by atoms with Crippen LogP contribution in [-0.2, 0) is 0 Å². The van der Waals surface area contributed by atoms with Gasteiger partial charge in [-0.3, -0.25) is 0 Å². The molecule has 0 spiro atoms. The Labute approximate surface area is 131 Å². The predicted octanol–water partition coefficient (Wildman–Crippen LogP) is 4.46. The molecule has 2 atom stereocenters. The zero-order valence-corrected chi connectivity index (χ0v) is 14.9. The molecule has 2 heteroatoms. The lowest BCUT2D eigenvalue weighted by Gasteiger charge is -2.30. The van der Waals surface area contributed by atoms with Gasteiger partial charge in [0.1, 0.15) is 0 Å². The zero-order chi connectivity index (χ0) is 15.8. The molecule has 1 aromatic rings. The first-order chi connectivity index (χ1) is 9.97. The molecule has 1 aromatic carbocycles. The van der Waals surface area contributed by atoms with Crippen molar-refractivity contribution in [2.45, 2.75) is 66.0 Å². The Morgan fingerprint density at radius 1 is 1.05 bits per heavy atom. The number of likely N-dealkylation sites (N-methyl/N-ethyl adjacent to an activating group) is 1. The smallest absolute Gasteiger partial charge is 0.0449 e. The van der Waals surface area contributed by atoms with E-state index in [1.54, 1.807) is 0 Å². The van der Waals surface area contributed by atoms with Crippen LogP contribution in [0.2, 0.25) is 0 Å². The van der Waals surface area contributed by atoms with Crippen LogP contribution in [0.15, 0.2) is 18.2 Å². The lowest BCUT2D eigenvalue weighted by Crippen LogP contribution is -2.38. The zero-order valence-electron chi connectivity index (χ0n) is 14.9. The number of hydrogen-bond donors (Lipinski definition) is 1. The molecule has 1 N–H and O–H groups in total. The van der Waals surface area contributed by atoms with Gasteiger partial charge in [0.25, 0.3) is 0 Å². The average molecular weight is 290 g/mol. The summed E-state index contributed by atoms with van der Waals surface area (Å²) in [6.07, 6.45) is 3.70. The molecule has 0 radical (unpaired) electrons. The first-order valence-electron chi connectivity index (χ1n) is 8.49. The molecule has 1 rings (SSSR count). The summed E-state index contributed by atoms with van der Waals surface area (Å²) >= 11 is 0. The van der Waals surface area contributed by atoms with Gasteiger partial charge in [0.2, 0.25) is 0 Å². The first-order valence-corrected chi connectivity index (χ1v) is 8.49. The fourth-order valence-corrected chi connectivity index (χ4v) is 2.92. The Kier molecular flexibility index (Phi) is 7.98. The summed E-state index contributed by atoms with van der Waals surface area (Å²) in [5.41, 5.74) is 4.15. The predicted molar refractivity (Wildman–Crippen MR) is 94.0 cm³/mol. The number of hydrogen-bond acceptors (Lipinski definition) is 2. The van der Waals surface area contributed by atoms with Crippen molar-refractivity contribution in [1.82, 2.24) is 10.2 Å². The summed E-state index contributed by atoms with van der Waals surface area (Å²) < 4.78 is 0. The van der Waals surface area contributed by atoms with E-state index < -0.39 is 0 Å². The van der Waals surface area contributed by atoms with Crippen LogP contribution in [0.25, 0.3) is 0 Å². The highest BCUT2D eigenvalue weighted by molar-refractivity contribution is 5.31. The highest BCUT2D eigenvalue weighted by Crippen LogP contribution is 2.19. The monoisotopic (exact) mass is 290 g/mol. The average Bonchev–Trinajstić information content (AvgIpc) is 2.42. The quantitative estimate of drug-likeness (QED) is 0.722. The summed E-state index contributed by atoms with van der Waals surface area (Å²) in [6.45, 7) is 13.4. The van der Waals surface area contributed by atoms with Gasteiger partial charge >= 0.3 is 0 Å². The molecule has 0 fully saturated rings. The highest BCUT2D eigenvalue weighted by Gasteiger charge is 2.17. The van der Waals surface area contributed by atoms with E-state index in [-0.39, 0.29) is 0 Å². The van der Waals surface area contributed by atoms with Crippen LogP contribution in [0.4, 0.5) is 0 Å². The Morgan fingerprint density at radius 3 is 2.19 bits per heavy atom. The molecule has 2 nitrogen and oxygen atoms in total. The van der Waals surface area contributed by atoms with E-state index in [0.717, 1.165) is 13.1 Å². The van der Waals surface area contributed by atoms with Crippen LogP contribution < -0.4 is 5.32 Å². The summed E-state index contributed by atoms with van der Waals surface area (Å²) in [4.78, 5) is 2.49. The van der Waals surface area contributed by atoms with E-state index in [1.165, 1.54) is 36.0 Å². The molecule has 0 aliphatic rings. The molecule has 0 aromatic heterocycles. The van der Waals surface area contributed by atoms with E-state index in [9.17, 15) is 0 Å². The number of rotatable bonds is 9. The maximum atomic E-state index is 3.73. The third-order valence-electron chi connectivity index (χ3n) is 4.22. The van der Waals surface area contributed by atoms with Crippen LogP contribution in [0.5, 0.6) is 0 Å². The second-order valence-corrected chi connectivity index (χ2v) is 6.51. The van der Waals surface area contributed by atoms with Crippen molar-refractivity contribution in [3.05, 3.63) is 34.9 Å². The van der Waals surface area contributed by atoms with Gasteiger partial charge in [-0.15, -0.1) is 0 Å². The Balaban J connectivity index is 2.84. The van der Waals surface area contributed by atoms with E-state index in [0.29, 0.717) is 12.1 Å². The van der Waals surface area contributed by atoms with Crippen LogP contribution >= 0.6 is 0 Å². The van der Waals surface area contributed by atoms with E-state index in [1.807, 2.05) is 0 Å². The molecular formula is C19H34N2. The Morgan fingerprint density at radius 2 is 1.67 bits per heavy atom. The van der Waals surface area contributed by atoms with Gasteiger partial charge in [0.15, 0.2) is 0 Å². The summed E-state index contributed by atoms with van der Waals surface area (Å²) in [6, 6.07) is 7.99. The first kappa shape index (κ1) is 18.2. The molecule has 0 bridgehead atoms.